The molecule has 0 aliphatic rings. The maximum absolute atomic E-state index is 11.4. The highest BCUT2D eigenvalue weighted by molar-refractivity contribution is 5.95. The Labute approximate surface area is 92.3 Å². The number of aryl methyl sites for hydroxylation is 1. The van der Waals surface area contributed by atoms with Crippen LogP contribution in [-0.2, 0) is 4.74 Å². The van der Waals surface area contributed by atoms with Crippen molar-refractivity contribution in [2.24, 2.45) is 0 Å². The maximum Gasteiger partial charge on any atom is 0.342 e. The van der Waals surface area contributed by atoms with Gasteiger partial charge < -0.3 is 14.9 Å². The number of hydrogen-bond donors (Lipinski definition) is 2. The molecule has 0 aliphatic heterocycles. The molecule has 0 atom stereocenters. The van der Waals surface area contributed by atoms with E-state index < -0.39 is 5.97 Å². The van der Waals surface area contributed by atoms with Gasteiger partial charge in [0.25, 0.3) is 0 Å². The number of benzene rings is 1. The number of phenols is 1. The van der Waals surface area contributed by atoms with Crippen LogP contribution in [-0.4, -0.2) is 35.7 Å². The average molecular weight is 224 g/mol. The van der Waals surface area contributed by atoms with Crippen LogP contribution < -0.4 is 0 Å². The van der Waals surface area contributed by atoms with E-state index in [9.17, 15) is 14.7 Å². The zero-order chi connectivity index (χ0) is 12.1. The monoisotopic (exact) mass is 224 g/mol. The van der Waals surface area contributed by atoms with Crippen molar-refractivity contribution in [3.63, 3.8) is 0 Å². The minimum atomic E-state index is -0.765. The Morgan fingerprint density at radius 1 is 1.50 bits per heavy atom. The molecule has 0 unspecified atom stereocenters. The molecule has 0 aromatic heterocycles. The third-order valence-corrected chi connectivity index (χ3v) is 2.00. The summed E-state index contributed by atoms with van der Waals surface area (Å²) in [6.07, 6.45) is 0.579. The second-order valence-corrected chi connectivity index (χ2v) is 3.21. The van der Waals surface area contributed by atoms with Gasteiger partial charge in [0.15, 0.2) is 0 Å². The van der Waals surface area contributed by atoms with Gasteiger partial charge in [0.05, 0.1) is 6.61 Å². The number of hydrogen-bond acceptors (Lipinski definition) is 5. The lowest BCUT2D eigenvalue weighted by Gasteiger charge is -2.07. The molecule has 0 heterocycles. The lowest BCUT2D eigenvalue weighted by Crippen LogP contribution is -2.10. The number of aliphatic hydroxyl groups excluding tert-OH is 1. The topological polar surface area (TPSA) is 83.8 Å². The third-order valence-electron chi connectivity index (χ3n) is 2.00. The molecule has 1 aromatic rings. The predicted molar refractivity (Wildman–Crippen MR) is 55.6 cm³/mol. The van der Waals surface area contributed by atoms with Crippen LogP contribution in [0.3, 0.4) is 0 Å². The average Bonchev–Trinajstić information content (AvgIpc) is 2.29. The molecular formula is C11H12O5. The number of carbonyl (C=O) groups excluding carboxylic acids is 2. The van der Waals surface area contributed by atoms with E-state index in [-0.39, 0.29) is 30.1 Å². The van der Waals surface area contributed by atoms with E-state index in [0.29, 0.717) is 11.8 Å². The van der Waals surface area contributed by atoms with E-state index in [0.717, 1.165) is 0 Å². The first-order valence-corrected chi connectivity index (χ1v) is 4.67. The van der Waals surface area contributed by atoms with Crippen molar-refractivity contribution in [2.45, 2.75) is 6.92 Å². The van der Waals surface area contributed by atoms with Gasteiger partial charge in [-0.05, 0) is 24.6 Å². The molecular weight excluding hydrogens is 212 g/mol. The molecule has 1 aromatic carbocycles. The summed E-state index contributed by atoms with van der Waals surface area (Å²) in [6, 6.07) is 2.71. The minimum Gasteiger partial charge on any atom is -0.507 e. The van der Waals surface area contributed by atoms with Crippen molar-refractivity contribution in [3.05, 3.63) is 28.8 Å². The molecule has 0 bridgehead atoms. The van der Waals surface area contributed by atoms with Gasteiger partial charge in [-0.1, -0.05) is 0 Å². The lowest BCUT2D eigenvalue weighted by atomic mass is 10.1. The SMILES string of the molecule is Cc1cc(C=O)cc(C(=O)OCCO)c1O. The van der Waals surface area contributed by atoms with Crippen LogP contribution in [0.1, 0.15) is 26.3 Å². The van der Waals surface area contributed by atoms with Crippen molar-refractivity contribution in [1.82, 2.24) is 0 Å². The number of rotatable bonds is 4. The fraction of sp³-hybridized carbons (Fsp3) is 0.273. The smallest absolute Gasteiger partial charge is 0.342 e. The summed E-state index contributed by atoms with van der Waals surface area (Å²) < 4.78 is 4.65. The molecule has 0 spiro atoms. The van der Waals surface area contributed by atoms with Crippen molar-refractivity contribution in [3.8, 4) is 5.75 Å². The zero-order valence-electron chi connectivity index (χ0n) is 8.77. The lowest BCUT2D eigenvalue weighted by molar-refractivity contribution is 0.0430. The van der Waals surface area contributed by atoms with E-state index in [1.807, 2.05) is 0 Å². The van der Waals surface area contributed by atoms with Gasteiger partial charge in [-0.3, -0.25) is 4.79 Å². The fourth-order valence-electron chi connectivity index (χ4n) is 1.25. The first kappa shape index (κ1) is 12.2. The Morgan fingerprint density at radius 2 is 2.19 bits per heavy atom. The Morgan fingerprint density at radius 3 is 2.75 bits per heavy atom. The summed E-state index contributed by atoms with van der Waals surface area (Å²) in [5.74, 6) is -0.980. The molecule has 0 aliphatic carbocycles. The largest absolute Gasteiger partial charge is 0.507 e. The molecule has 5 heteroatoms. The second-order valence-electron chi connectivity index (χ2n) is 3.21. The molecule has 16 heavy (non-hydrogen) atoms. The number of esters is 1. The number of aliphatic hydroxyl groups is 1. The van der Waals surface area contributed by atoms with Crippen LogP contribution >= 0.6 is 0 Å². The Bertz CT molecular complexity index is 411. The molecule has 1 rings (SSSR count). The maximum atomic E-state index is 11.4. The molecule has 0 radical (unpaired) electrons. The van der Waals surface area contributed by atoms with Gasteiger partial charge in [0.2, 0.25) is 0 Å². The quantitative estimate of drug-likeness (QED) is 0.579. The highest BCUT2D eigenvalue weighted by Crippen LogP contribution is 2.24. The van der Waals surface area contributed by atoms with Gasteiger partial charge >= 0.3 is 5.97 Å². The summed E-state index contributed by atoms with van der Waals surface area (Å²) in [7, 11) is 0. The summed E-state index contributed by atoms with van der Waals surface area (Å²) in [5.41, 5.74) is 0.627. The van der Waals surface area contributed by atoms with Gasteiger partial charge in [0.1, 0.15) is 24.2 Å². The first-order chi connectivity index (χ1) is 7.60. The molecule has 0 saturated heterocycles. The van der Waals surface area contributed by atoms with Crippen LogP contribution in [0, 0.1) is 6.92 Å². The van der Waals surface area contributed by atoms with Crippen LogP contribution in [0.15, 0.2) is 12.1 Å². The summed E-state index contributed by atoms with van der Waals surface area (Å²) in [6.45, 7) is 1.13. The fourth-order valence-corrected chi connectivity index (χ4v) is 1.25. The summed E-state index contributed by atoms with van der Waals surface area (Å²) in [4.78, 5) is 22.0. The minimum absolute atomic E-state index is 0.0736. The standard InChI is InChI=1S/C11H12O5/c1-7-4-8(6-13)5-9(10(7)14)11(15)16-3-2-12/h4-6,12,14H,2-3H2,1H3. The molecule has 0 fully saturated rings. The van der Waals surface area contributed by atoms with E-state index in [2.05, 4.69) is 4.74 Å². The van der Waals surface area contributed by atoms with E-state index in [1.54, 1.807) is 6.92 Å². The first-order valence-electron chi connectivity index (χ1n) is 4.67. The van der Waals surface area contributed by atoms with Crippen molar-refractivity contribution in [2.75, 3.05) is 13.2 Å². The van der Waals surface area contributed by atoms with Crippen LogP contribution in [0.2, 0.25) is 0 Å². The number of aldehydes is 1. The Balaban J connectivity index is 3.06. The van der Waals surface area contributed by atoms with Crippen molar-refractivity contribution < 1.29 is 24.5 Å². The normalized spacial score (nSPS) is 9.88. The number of aromatic hydroxyl groups is 1. The number of phenolic OH excluding ortho intramolecular Hbond substituents is 1. The highest BCUT2D eigenvalue weighted by Gasteiger charge is 2.15. The van der Waals surface area contributed by atoms with E-state index in [1.165, 1.54) is 12.1 Å². The van der Waals surface area contributed by atoms with E-state index in [4.69, 9.17) is 5.11 Å². The Kier molecular flexibility index (Phi) is 4.02. The molecule has 0 amide bonds. The third kappa shape index (κ3) is 2.58. The second kappa shape index (κ2) is 5.27. The van der Waals surface area contributed by atoms with Crippen LogP contribution in [0.4, 0.5) is 0 Å². The van der Waals surface area contributed by atoms with Crippen LogP contribution in [0.25, 0.3) is 0 Å². The zero-order valence-corrected chi connectivity index (χ0v) is 8.77. The van der Waals surface area contributed by atoms with Crippen molar-refractivity contribution >= 4 is 12.3 Å². The van der Waals surface area contributed by atoms with Gasteiger partial charge in [-0.2, -0.15) is 0 Å². The number of carbonyl (C=O) groups is 2. The number of ether oxygens (including phenoxy) is 1. The summed E-state index contributed by atoms with van der Waals surface area (Å²) >= 11 is 0. The predicted octanol–water partition coefficient (Wildman–Crippen LogP) is 0.662. The van der Waals surface area contributed by atoms with Crippen LogP contribution in [0.5, 0.6) is 5.75 Å². The van der Waals surface area contributed by atoms with Gasteiger partial charge in [-0.15, -0.1) is 0 Å². The van der Waals surface area contributed by atoms with E-state index >= 15 is 0 Å². The van der Waals surface area contributed by atoms with Gasteiger partial charge in [0, 0.05) is 5.56 Å². The Hall–Kier alpha value is -1.88. The van der Waals surface area contributed by atoms with Crippen molar-refractivity contribution in [1.29, 1.82) is 0 Å². The molecule has 2 N–H and O–H groups in total. The molecule has 5 nitrogen and oxygen atoms in total. The molecule has 0 saturated carbocycles. The van der Waals surface area contributed by atoms with Gasteiger partial charge in [-0.25, -0.2) is 4.79 Å². The molecule has 86 valence electrons. The summed E-state index contributed by atoms with van der Waals surface area (Å²) in [5, 5.41) is 18.1. The highest BCUT2D eigenvalue weighted by atomic mass is 16.5.